The summed E-state index contributed by atoms with van der Waals surface area (Å²) in [6.45, 7) is 9.77. The Morgan fingerprint density at radius 2 is 1.85 bits per heavy atom. The highest BCUT2D eigenvalue weighted by Crippen LogP contribution is 2.32. The van der Waals surface area contributed by atoms with Crippen LogP contribution in [0.15, 0.2) is 67.0 Å². The molecular weight excluding hydrogens is 490 g/mol. The highest BCUT2D eigenvalue weighted by molar-refractivity contribution is 6.05. The second-order valence-electron chi connectivity index (χ2n) is 10.3. The van der Waals surface area contributed by atoms with Gasteiger partial charge in [0.05, 0.1) is 6.67 Å². The van der Waals surface area contributed by atoms with Gasteiger partial charge in [-0.05, 0) is 49.6 Å². The number of anilines is 3. The molecule has 3 N–H and O–H groups in total. The standard InChI is InChI=1S/C30H33N7O2/c1-19(2)5-12-25(38)35-15-16-36(18-35)30-34-26(27-28(31)32-13-14-37(27)30)22-7-9-23(10-8-22)29(39)33-24-11-6-20(3)17-21(24)4/h5-14,17,19H,15-16,18H2,1-4H3,(H2,31,32)(H,33,39)/b12-5+. The summed E-state index contributed by atoms with van der Waals surface area (Å²) in [5.74, 6) is 1.16. The highest BCUT2D eigenvalue weighted by atomic mass is 16.2. The molecule has 1 fully saturated rings. The summed E-state index contributed by atoms with van der Waals surface area (Å²) in [6, 6.07) is 13.2. The van der Waals surface area contributed by atoms with Gasteiger partial charge in [-0.1, -0.05) is 49.8 Å². The number of allylic oxidation sites excluding steroid dienone is 1. The smallest absolute Gasteiger partial charge is 0.255 e. The number of rotatable bonds is 6. The van der Waals surface area contributed by atoms with Crippen LogP contribution in [0.3, 0.4) is 0 Å². The number of benzene rings is 2. The summed E-state index contributed by atoms with van der Waals surface area (Å²) in [7, 11) is 0. The summed E-state index contributed by atoms with van der Waals surface area (Å²) < 4.78 is 1.91. The molecule has 5 rings (SSSR count). The molecule has 3 heterocycles. The Morgan fingerprint density at radius 3 is 2.56 bits per heavy atom. The maximum atomic E-state index is 12.9. The van der Waals surface area contributed by atoms with Crippen LogP contribution in [0.1, 0.15) is 35.3 Å². The molecule has 2 amide bonds. The first kappa shape index (κ1) is 26.0. The first-order chi connectivity index (χ1) is 18.7. The molecule has 1 aliphatic heterocycles. The van der Waals surface area contributed by atoms with Gasteiger partial charge in [0.25, 0.3) is 5.91 Å². The van der Waals surface area contributed by atoms with Crippen LogP contribution < -0.4 is 16.0 Å². The number of nitrogens with two attached hydrogens (primary N) is 1. The molecule has 39 heavy (non-hydrogen) atoms. The third kappa shape index (κ3) is 5.34. The van der Waals surface area contributed by atoms with Crippen molar-refractivity contribution in [1.29, 1.82) is 0 Å². The Morgan fingerprint density at radius 1 is 1.08 bits per heavy atom. The van der Waals surface area contributed by atoms with Crippen molar-refractivity contribution in [3.05, 3.63) is 83.7 Å². The number of fused-ring (bicyclic) bond motifs is 1. The van der Waals surface area contributed by atoms with Gasteiger partial charge in [0.2, 0.25) is 11.9 Å². The van der Waals surface area contributed by atoms with Gasteiger partial charge in [-0.2, -0.15) is 0 Å². The molecule has 0 atom stereocenters. The third-order valence-electron chi connectivity index (χ3n) is 6.81. The van der Waals surface area contributed by atoms with E-state index in [4.69, 9.17) is 10.7 Å². The molecule has 2 aromatic carbocycles. The number of hydrogen-bond acceptors (Lipinski definition) is 6. The van der Waals surface area contributed by atoms with Gasteiger partial charge in [-0.15, -0.1) is 0 Å². The predicted molar refractivity (Wildman–Crippen MR) is 155 cm³/mol. The van der Waals surface area contributed by atoms with Crippen molar-refractivity contribution in [2.45, 2.75) is 27.7 Å². The molecule has 0 unspecified atom stereocenters. The van der Waals surface area contributed by atoms with Crippen molar-refractivity contribution in [3.63, 3.8) is 0 Å². The second-order valence-corrected chi connectivity index (χ2v) is 10.3. The van der Waals surface area contributed by atoms with Crippen molar-refractivity contribution < 1.29 is 9.59 Å². The first-order valence-corrected chi connectivity index (χ1v) is 13.0. The predicted octanol–water partition coefficient (Wildman–Crippen LogP) is 4.67. The van der Waals surface area contributed by atoms with E-state index in [0.717, 1.165) is 22.4 Å². The van der Waals surface area contributed by atoms with Gasteiger partial charge in [0.1, 0.15) is 17.0 Å². The molecule has 0 spiro atoms. The lowest BCUT2D eigenvalue weighted by Gasteiger charge is -2.17. The van der Waals surface area contributed by atoms with E-state index in [-0.39, 0.29) is 11.8 Å². The third-order valence-corrected chi connectivity index (χ3v) is 6.81. The van der Waals surface area contributed by atoms with Crippen molar-refractivity contribution >= 4 is 34.8 Å². The molecular formula is C30H33N7O2. The first-order valence-electron chi connectivity index (χ1n) is 13.0. The van der Waals surface area contributed by atoms with Crippen molar-refractivity contribution in [3.8, 4) is 11.3 Å². The Bertz CT molecular complexity index is 1570. The summed E-state index contributed by atoms with van der Waals surface area (Å²) in [6.07, 6.45) is 7.02. The van der Waals surface area contributed by atoms with Crippen molar-refractivity contribution in [1.82, 2.24) is 19.3 Å². The quantitative estimate of drug-likeness (QED) is 0.356. The molecule has 2 aromatic heterocycles. The topological polar surface area (TPSA) is 109 Å². The van der Waals surface area contributed by atoms with Gasteiger partial charge in [0.15, 0.2) is 0 Å². The molecule has 4 aromatic rings. The molecule has 1 saturated heterocycles. The van der Waals surface area contributed by atoms with Crippen LogP contribution in [-0.2, 0) is 4.79 Å². The molecule has 200 valence electrons. The molecule has 0 bridgehead atoms. The SMILES string of the molecule is Cc1ccc(NC(=O)c2ccc(-c3nc(N4CCN(C(=O)/C=C/C(C)C)C4)n4ccnc(N)c34)cc2)c(C)c1. The minimum atomic E-state index is -0.182. The van der Waals surface area contributed by atoms with Crippen LogP contribution in [-0.4, -0.2) is 50.8 Å². The fourth-order valence-corrected chi connectivity index (χ4v) is 4.71. The lowest BCUT2D eigenvalue weighted by Crippen LogP contribution is -2.30. The van der Waals surface area contributed by atoms with Crippen LogP contribution >= 0.6 is 0 Å². The van der Waals surface area contributed by atoms with Crippen molar-refractivity contribution in [2.75, 3.05) is 35.7 Å². The fourth-order valence-electron chi connectivity index (χ4n) is 4.71. The number of aryl methyl sites for hydroxylation is 2. The van der Waals surface area contributed by atoms with Crippen LogP contribution in [0.25, 0.3) is 16.8 Å². The molecule has 0 radical (unpaired) electrons. The number of imidazole rings is 1. The van der Waals surface area contributed by atoms with E-state index >= 15 is 0 Å². The minimum absolute atomic E-state index is 0.0110. The monoisotopic (exact) mass is 523 g/mol. The van der Waals surface area contributed by atoms with E-state index < -0.39 is 0 Å². The van der Waals surface area contributed by atoms with Crippen LogP contribution in [0.5, 0.6) is 0 Å². The molecule has 0 saturated carbocycles. The average molecular weight is 524 g/mol. The lowest BCUT2D eigenvalue weighted by molar-refractivity contribution is -0.124. The number of carbonyl (C=O) groups is 2. The number of nitrogens with zero attached hydrogens (tertiary/aromatic N) is 5. The average Bonchev–Trinajstić information content (AvgIpc) is 3.55. The Labute approximate surface area is 228 Å². The summed E-state index contributed by atoms with van der Waals surface area (Å²) in [5.41, 5.74) is 12.0. The maximum absolute atomic E-state index is 12.9. The summed E-state index contributed by atoms with van der Waals surface area (Å²) >= 11 is 0. The van der Waals surface area contributed by atoms with Gasteiger partial charge in [-0.3, -0.25) is 14.0 Å². The van der Waals surface area contributed by atoms with Crippen molar-refractivity contribution in [2.24, 2.45) is 5.92 Å². The normalized spacial score (nSPS) is 13.7. The zero-order chi connectivity index (χ0) is 27.7. The van der Waals surface area contributed by atoms with Crippen LogP contribution in [0.4, 0.5) is 17.5 Å². The lowest BCUT2D eigenvalue weighted by atomic mass is 10.1. The molecule has 9 heteroatoms. The summed E-state index contributed by atoms with van der Waals surface area (Å²) in [4.78, 5) is 38.6. The molecule has 1 aliphatic rings. The van der Waals surface area contributed by atoms with Crippen LogP contribution in [0.2, 0.25) is 0 Å². The number of carbonyl (C=O) groups excluding carboxylic acids is 2. The minimum Gasteiger partial charge on any atom is -0.382 e. The largest absolute Gasteiger partial charge is 0.382 e. The van der Waals surface area contributed by atoms with E-state index in [1.807, 2.05) is 74.7 Å². The van der Waals surface area contributed by atoms with Gasteiger partial charge in [-0.25, -0.2) is 9.97 Å². The second kappa shape index (κ2) is 10.6. The number of amides is 2. The maximum Gasteiger partial charge on any atom is 0.255 e. The fraction of sp³-hybridized carbons (Fsp3) is 0.267. The van der Waals surface area contributed by atoms with E-state index in [0.29, 0.717) is 54.2 Å². The van der Waals surface area contributed by atoms with Gasteiger partial charge >= 0.3 is 0 Å². The Kier molecular flexibility index (Phi) is 7.06. The zero-order valence-corrected chi connectivity index (χ0v) is 22.7. The number of nitrogens with one attached hydrogen (secondary N) is 1. The molecule has 0 aliphatic carbocycles. The number of hydrogen-bond donors (Lipinski definition) is 2. The summed E-state index contributed by atoms with van der Waals surface area (Å²) in [5, 5.41) is 2.99. The number of nitrogen functional groups attached to an aromatic ring is 1. The van der Waals surface area contributed by atoms with E-state index in [1.165, 1.54) is 0 Å². The van der Waals surface area contributed by atoms with E-state index in [9.17, 15) is 9.59 Å². The van der Waals surface area contributed by atoms with E-state index in [1.54, 1.807) is 29.3 Å². The Hall–Kier alpha value is -4.66. The number of aromatic nitrogens is 3. The molecule has 9 nitrogen and oxygen atoms in total. The van der Waals surface area contributed by atoms with E-state index in [2.05, 4.69) is 15.2 Å². The van der Waals surface area contributed by atoms with Crippen LogP contribution in [0, 0.1) is 19.8 Å². The highest BCUT2D eigenvalue weighted by Gasteiger charge is 2.28. The van der Waals surface area contributed by atoms with Gasteiger partial charge in [0, 0.05) is 42.3 Å². The Balaban J connectivity index is 1.41. The zero-order valence-electron chi connectivity index (χ0n) is 22.7. The van der Waals surface area contributed by atoms with Gasteiger partial charge < -0.3 is 20.9 Å².